The zero-order valence-corrected chi connectivity index (χ0v) is 20.7. The van der Waals surface area contributed by atoms with Gasteiger partial charge in [-0.05, 0) is 84.4 Å². The Hall–Kier alpha value is -2.84. The lowest BCUT2D eigenvalue weighted by Gasteiger charge is -2.39. The molecule has 0 aromatic heterocycles. The van der Waals surface area contributed by atoms with Gasteiger partial charge in [0.15, 0.2) is 16.6 Å². The van der Waals surface area contributed by atoms with Crippen LogP contribution in [0.15, 0.2) is 65.1 Å². The van der Waals surface area contributed by atoms with E-state index in [1.165, 1.54) is 12.1 Å². The van der Waals surface area contributed by atoms with Gasteiger partial charge in [0.05, 0.1) is 20.3 Å². The molecule has 33 heavy (non-hydrogen) atoms. The summed E-state index contributed by atoms with van der Waals surface area (Å²) >= 11 is 9.30. The molecule has 3 aromatic carbocycles. The van der Waals surface area contributed by atoms with E-state index in [0.29, 0.717) is 35.5 Å². The molecule has 172 valence electrons. The molecule has 1 N–H and O–H groups in total. The molecule has 0 spiro atoms. The van der Waals surface area contributed by atoms with Gasteiger partial charge < -0.3 is 24.4 Å². The average molecular weight is 531 g/mol. The number of rotatable bonds is 6. The number of hydrogen-bond donors (Lipinski definition) is 1. The summed E-state index contributed by atoms with van der Waals surface area (Å²) in [7, 11) is 3.25. The van der Waals surface area contributed by atoms with E-state index in [-0.39, 0.29) is 11.9 Å². The molecule has 0 saturated heterocycles. The average Bonchev–Trinajstić information content (AvgIpc) is 2.82. The van der Waals surface area contributed by atoms with Crippen LogP contribution >= 0.6 is 28.1 Å². The highest BCUT2D eigenvalue weighted by Gasteiger charge is 2.31. The Morgan fingerprint density at radius 3 is 2.52 bits per heavy atom. The second kappa shape index (κ2) is 10.4. The fourth-order valence-corrected chi connectivity index (χ4v) is 4.65. The molecule has 4 rings (SSSR count). The van der Waals surface area contributed by atoms with Gasteiger partial charge in [-0.15, -0.1) is 0 Å². The molecule has 0 amide bonds. The first-order valence-electron chi connectivity index (χ1n) is 10.4. The third-order valence-electron chi connectivity index (χ3n) is 5.56. The monoisotopic (exact) mass is 530 g/mol. The summed E-state index contributed by atoms with van der Waals surface area (Å²) in [6.07, 6.45) is 0.795. The molecule has 0 radical (unpaired) electrons. The van der Waals surface area contributed by atoms with Crippen molar-refractivity contribution < 1.29 is 18.6 Å². The van der Waals surface area contributed by atoms with Crippen LogP contribution in [0.4, 0.5) is 10.1 Å². The summed E-state index contributed by atoms with van der Waals surface area (Å²) in [5.41, 5.74) is 3.10. The predicted molar refractivity (Wildman–Crippen MR) is 135 cm³/mol. The Morgan fingerprint density at radius 2 is 1.82 bits per heavy atom. The minimum Gasteiger partial charge on any atom is -0.493 e. The van der Waals surface area contributed by atoms with E-state index in [0.717, 1.165) is 27.7 Å². The molecule has 3 aromatic rings. The highest BCUT2D eigenvalue weighted by molar-refractivity contribution is 9.10. The number of ether oxygens (including phenoxy) is 3. The highest BCUT2D eigenvalue weighted by atomic mass is 79.9. The topological polar surface area (TPSA) is 43.0 Å². The van der Waals surface area contributed by atoms with Crippen molar-refractivity contribution in [3.05, 3.63) is 82.1 Å². The first-order chi connectivity index (χ1) is 16.0. The maximum absolute atomic E-state index is 13.3. The minimum atomic E-state index is -0.303. The van der Waals surface area contributed by atoms with Gasteiger partial charge in [0.1, 0.15) is 18.2 Å². The lowest BCUT2D eigenvalue weighted by molar-refractivity contribution is 0.190. The SMILES string of the molecule is COc1cc2c(cc1OC)[C@H](COc1ccc(F)cc1)N(C(=S)Nc1cccc(Br)c1)CC2. The highest BCUT2D eigenvalue weighted by Crippen LogP contribution is 2.38. The fourth-order valence-electron chi connectivity index (χ4n) is 3.92. The Labute approximate surface area is 206 Å². The van der Waals surface area contributed by atoms with Crippen molar-refractivity contribution >= 4 is 38.9 Å². The number of fused-ring (bicyclic) bond motifs is 1. The first-order valence-corrected chi connectivity index (χ1v) is 11.6. The molecule has 0 aliphatic carbocycles. The summed E-state index contributed by atoms with van der Waals surface area (Å²) < 4.78 is 31.4. The van der Waals surface area contributed by atoms with Gasteiger partial charge in [-0.3, -0.25) is 0 Å². The molecule has 0 fully saturated rings. The molecule has 8 heteroatoms. The zero-order valence-electron chi connectivity index (χ0n) is 18.3. The van der Waals surface area contributed by atoms with E-state index in [1.807, 2.05) is 36.4 Å². The molecule has 1 heterocycles. The van der Waals surface area contributed by atoms with E-state index in [2.05, 4.69) is 26.1 Å². The molecule has 1 atom stereocenters. The molecule has 0 saturated carbocycles. The number of halogens is 2. The van der Waals surface area contributed by atoms with E-state index in [4.69, 9.17) is 26.4 Å². The number of thiocarbonyl (C=S) groups is 1. The normalized spacial score (nSPS) is 14.9. The number of methoxy groups -OCH3 is 2. The van der Waals surface area contributed by atoms with Gasteiger partial charge in [0.2, 0.25) is 0 Å². The Bertz CT molecular complexity index is 1140. The maximum Gasteiger partial charge on any atom is 0.174 e. The van der Waals surface area contributed by atoms with Gasteiger partial charge in [-0.25, -0.2) is 4.39 Å². The second-order valence-electron chi connectivity index (χ2n) is 7.57. The number of benzene rings is 3. The van der Waals surface area contributed by atoms with E-state index < -0.39 is 0 Å². The van der Waals surface area contributed by atoms with Gasteiger partial charge in [0.25, 0.3) is 0 Å². The van der Waals surface area contributed by atoms with Crippen LogP contribution in [0.3, 0.4) is 0 Å². The summed E-state index contributed by atoms with van der Waals surface area (Å²) in [5.74, 6) is 1.63. The van der Waals surface area contributed by atoms with Crippen LogP contribution in [0.25, 0.3) is 0 Å². The second-order valence-corrected chi connectivity index (χ2v) is 8.87. The van der Waals surface area contributed by atoms with E-state index in [1.54, 1.807) is 26.4 Å². The van der Waals surface area contributed by atoms with E-state index >= 15 is 0 Å². The third-order valence-corrected chi connectivity index (χ3v) is 6.39. The lowest BCUT2D eigenvalue weighted by atomic mass is 9.92. The molecule has 0 bridgehead atoms. The van der Waals surface area contributed by atoms with Crippen molar-refractivity contribution in [3.8, 4) is 17.2 Å². The summed E-state index contributed by atoms with van der Waals surface area (Å²) in [4.78, 5) is 2.12. The van der Waals surface area contributed by atoms with E-state index in [9.17, 15) is 4.39 Å². The van der Waals surface area contributed by atoms with Crippen LogP contribution in [0, 0.1) is 5.82 Å². The molecule has 5 nitrogen and oxygen atoms in total. The van der Waals surface area contributed by atoms with Crippen LogP contribution < -0.4 is 19.5 Å². The van der Waals surface area contributed by atoms with Crippen LogP contribution in [-0.2, 0) is 6.42 Å². The Balaban J connectivity index is 1.64. The zero-order chi connectivity index (χ0) is 23.4. The Morgan fingerprint density at radius 1 is 1.09 bits per heavy atom. The largest absolute Gasteiger partial charge is 0.493 e. The lowest BCUT2D eigenvalue weighted by Crippen LogP contribution is -2.44. The Kier molecular flexibility index (Phi) is 7.35. The van der Waals surface area contributed by atoms with Crippen molar-refractivity contribution in [2.24, 2.45) is 0 Å². The van der Waals surface area contributed by atoms with Crippen molar-refractivity contribution in [3.63, 3.8) is 0 Å². The summed E-state index contributed by atoms with van der Waals surface area (Å²) in [5, 5.41) is 3.93. The smallest absolute Gasteiger partial charge is 0.174 e. The molecule has 0 unspecified atom stereocenters. The summed E-state index contributed by atoms with van der Waals surface area (Å²) in [6.45, 7) is 1.04. The predicted octanol–water partition coefficient (Wildman–Crippen LogP) is 5.98. The maximum atomic E-state index is 13.3. The number of nitrogens with zero attached hydrogens (tertiary/aromatic N) is 1. The van der Waals surface area contributed by atoms with Crippen molar-refractivity contribution in [2.45, 2.75) is 12.5 Å². The molecule has 1 aliphatic heterocycles. The standard InChI is InChI=1S/C25H24BrFN2O3S/c1-30-23-12-16-10-11-29(25(33)28-19-5-3-4-17(26)13-19)22(21(16)14-24(23)31-2)15-32-20-8-6-18(27)7-9-20/h3-9,12-14,22H,10-11,15H2,1-2H3,(H,28,33)/t22-/m0/s1. The molecule has 1 aliphatic rings. The van der Waals surface area contributed by atoms with Crippen LogP contribution in [-0.4, -0.2) is 37.4 Å². The van der Waals surface area contributed by atoms with Crippen molar-refractivity contribution in [1.82, 2.24) is 4.90 Å². The van der Waals surface area contributed by atoms with Gasteiger partial charge in [-0.2, -0.15) is 0 Å². The first kappa shape index (κ1) is 23.3. The number of nitrogens with one attached hydrogen (secondary N) is 1. The van der Waals surface area contributed by atoms with Crippen LogP contribution in [0.5, 0.6) is 17.2 Å². The molecular weight excluding hydrogens is 507 g/mol. The molecular formula is C25H24BrFN2O3S. The van der Waals surface area contributed by atoms with Crippen molar-refractivity contribution in [2.75, 3.05) is 32.7 Å². The quantitative estimate of drug-likeness (QED) is 0.395. The van der Waals surface area contributed by atoms with Crippen LogP contribution in [0.1, 0.15) is 17.2 Å². The third kappa shape index (κ3) is 5.39. The minimum absolute atomic E-state index is 0.175. The number of anilines is 1. The van der Waals surface area contributed by atoms with Crippen molar-refractivity contribution in [1.29, 1.82) is 0 Å². The summed E-state index contributed by atoms with van der Waals surface area (Å²) in [6, 6.07) is 17.7. The fraction of sp³-hybridized carbons (Fsp3) is 0.240. The van der Waals surface area contributed by atoms with Gasteiger partial charge >= 0.3 is 0 Å². The van der Waals surface area contributed by atoms with Crippen LogP contribution in [0.2, 0.25) is 0 Å². The van der Waals surface area contributed by atoms with Gasteiger partial charge in [-0.1, -0.05) is 22.0 Å². The number of hydrogen-bond acceptors (Lipinski definition) is 4. The van der Waals surface area contributed by atoms with Gasteiger partial charge in [0, 0.05) is 16.7 Å².